The fourth-order valence-corrected chi connectivity index (χ4v) is 5.15. The van der Waals surface area contributed by atoms with E-state index in [9.17, 15) is 9.59 Å². The van der Waals surface area contributed by atoms with E-state index >= 15 is 0 Å². The largest absolute Gasteiger partial charge is 0.465 e. The predicted octanol–water partition coefficient (Wildman–Crippen LogP) is 7.15. The van der Waals surface area contributed by atoms with Gasteiger partial charge in [0, 0.05) is 6.42 Å². The van der Waals surface area contributed by atoms with E-state index in [1.165, 1.54) is 77.0 Å². The van der Waals surface area contributed by atoms with Crippen LogP contribution >= 0.6 is 0 Å². The van der Waals surface area contributed by atoms with E-state index in [4.69, 9.17) is 14.2 Å². The van der Waals surface area contributed by atoms with Crippen LogP contribution in [0.4, 0.5) is 0 Å². The number of carbonyl (C=O) groups excluding carboxylic acids is 2. The third-order valence-corrected chi connectivity index (χ3v) is 7.27. The molecule has 1 saturated carbocycles. The maximum Gasteiger partial charge on any atom is 0.312 e. The van der Waals surface area contributed by atoms with E-state index in [0.717, 1.165) is 32.1 Å². The molecule has 2 heterocycles. The normalized spacial score (nSPS) is 23.7. The van der Waals surface area contributed by atoms with Crippen LogP contribution in [0.25, 0.3) is 0 Å². The Kier molecular flexibility index (Phi) is 14.8. The number of rotatable bonds is 20. The highest BCUT2D eigenvalue weighted by Crippen LogP contribution is 2.43. The number of hydrogen-bond acceptors (Lipinski definition) is 5. The number of carbonyl (C=O) groups is 2. The van der Waals surface area contributed by atoms with Gasteiger partial charge in [-0.25, -0.2) is 0 Å². The molecule has 0 aromatic heterocycles. The average molecular weight is 467 g/mol. The molecule has 2 saturated heterocycles. The lowest BCUT2D eigenvalue weighted by Gasteiger charge is -2.48. The van der Waals surface area contributed by atoms with Gasteiger partial charge in [0.1, 0.15) is 0 Å². The van der Waals surface area contributed by atoms with Crippen molar-refractivity contribution in [3.63, 3.8) is 0 Å². The Bertz CT molecular complexity index is 528. The van der Waals surface area contributed by atoms with Gasteiger partial charge < -0.3 is 14.2 Å². The van der Waals surface area contributed by atoms with Crippen molar-refractivity contribution in [2.75, 3.05) is 13.2 Å². The molecule has 3 fully saturated rings. The summed E-state index contributed by atoms with van der Waals surface area (Å²) in [5, 5.41) is 0. The molecule has 3 rings (SSSR count). The van der Waals surface area contributed by atoms with Gasteiger partial charge in [0.05, 0.1) is 37.3 Å². The zero-order valence-corrected chi connectivity index (χ0v) is 21.5. The Balaban J connectivity index is 1.58. The second-order valence-corrected chi connectivity index (χ2v) is 10.2. The fraction of sp³-hybridized carbons (Fsp3) is 0.929. The summed E-state index contributed by atoms with van der Waals surface area (Å²) in [6.07, 6.45) is 20.8. The molecular weight excluding hydrogens is 416 g/mol. The Morgan fingerprint density at radius 2 is 1.06 bits per heavy atom. The summed E-state index contributed by atoms with van der Waals surface area (Å²) < 4.78 is 16.9. The van der Waals surface area contributed by atoms with Crippen LogP contribution in [0.3, 0.4) is 0 Å². The van der Waals surface area contributed by atoms with Crippen molar-refractivity contribution >= 4 is 11.9 Å². The summed E-state index contributed by atoms with van der Waals surface area (Å²) in [5.41, 5.74) is 0. The van der Waals surface area contributed by atoms with Crippen molar-refractivity contribution in [1.82, 2.24) is 0 Å². The standard InChI is InChI=1S/C28H50O5/c1-3-5-7-9-11-13-15-17-19-31-27(29)24-21-23-22-25(33-23)26(24)28(30)32-20-18-16-14-12-10-8-6-4-2/h23-26H,3-22H2,1-2H3. The third kappa shape index (κ3) is 10.8. The Morgan fingerprint density at radius 3 is 1.55 bits per heavy atom. The van der Waals surface area contributed by atoms with E-state index in [1.807, 2.05) is 0 Å². The summed E-state index contributed by atoms with van der Waals surface area (Å²) in [7, 11) is 0. The van der Waals surface area contributed by atoms with Crippen molar-refractivity contribution in [1.29, 1.82) is 0 Å². The highest BCUT2D eigenvalue weighted by molar-refractivity contribution is 5.83. The predicted molar refractivity (Wildman–Crippen MR) is 132 cm³/mol. The second kappa shape index (κ2) is 17.4. The summed E-state index contributed by atoms with van der Waals surface area (Å²) in [5.74, 6) is -1.39. The topological polar surface area (TPSA) is 61.8 Å². The Morgan fingerprint density at radius 1 is 0.636 bits per heavy atom. The van der Waals surface area contributed by atoms with E-state index in [0.29, 0.717) is 19.6 Å². The monoisotopic (exact) mass is 466 g/mol. The van der Waals surface area contributed by atoms with E-state index in [1.54, 1.807) is 0 Å². The molecule has 0 aromatic rings. The smallest absolute Gasteiger partial charge is 0.312 e. The minimum Gasteiger partial charge on any atom is -0.465 e. The molecule has 2 bridgehead atoms. The molecule has 0 amide bonds. The van der Waals surface area contributed by atoms with E-state index in [2.05, 4.69) is 13.8 Å². The molecular formula is C28H50O5. The molecule has 5 nitrogen and oxygen atoms in total. The van der Waals surface area contributed by atoms with Gasteiger partial charge in [-0.15, -0.1) is 0 Å². The highest BCUT2D eigenvalue weighted by Gasteiger charge is 2.54. The average Bonchev–Trinajstić information content (AvgIpc) is 2.80. The number of esters is 2. The molecule has 0 spiro atoms. The van der Waals surface area contributed by atoms with Crippen LogP contribution in [-0.2, 0) is 23.8 Å². The summed E-state index contributed by atoms with van der Waals surface area (Å²) >= 11 is 0. The first-order valence-electron chi connectivity index (χ1n) is 14.2. The number of ether oxygens (including phenoxy) is 3. The van der Waals surface area contributed by atoms with Crippen molar-refractivity contribution in [2.24, 2.45) is 11.8 Å². The lowest BCUT2D eigenvalue weighted by Crippen LogP contribution is -2.57. The van der Waals surface area contributed by atoms with Gasteiger partial charge in [0.2, 0.25) is 0 Å². The quantitative estimate of drug-likeness (QED) is 0.141. The molecule has 3 aliphatic rings. The summed E-state index contributed by atoms with van der Waals surface area (Å²) in [4.78, 5) is 25.5. The van der Waals surface area contributed by atoms with Crippen LogP contribution in [-0.4, -0.2) is 37.4 Å². The van der Waals surface area contributed by atoms with Gasteiger partial charge in [-0.3, -0.25) is 9.59 Å². The summed E-state index contributed by atoms with van der Waals surface area (Å²) in [6.45, 7) is 5.37. The first-order chi connectivity index (χ1) is 16.2. The first kappa shape index (κ1) is 28.1. The lowest BCUT2D eigenvalue weighted by atomic mass is 9.72. The van der Waals surface area contributed by atoms with Gasteiger partial charge in [-0.1, -0.05) is 104 Å². The number of fused-ring (bicyclic) bond motifs is 2. The Labute approximate surface area is 202 Å². The zero-order valence-electron chi connectivity index (χ0n) is 21.5. The van der Waals surface area contributed by atoms with Gasteiger partial charge in [-0.05, 0) is 19.3 Å². The van der Waals surface area contributed by atoms with Gasteiger partial charge in [-0.2, -0.15) is 0 Å². The minimum atomic E-state index is -0.491. The SMILES string of the molecule is CCCCCCCCCCOC(=O)C1CC2CC(O2)C1C(=O)OCCCCCCCCCC. The van der Waals surface area contributed by atoms with Crippen LogP contribution in [0.15, 0.2) is 0 Å². The van der Waals surface area contributed by atoms with Gasteiger partial charge in [0.15, 0.2) is 0 Å². The maximum atomic E-state index is 12.8. The van der Waals surface area contributed by atoms with Crippen LogP contribution in [0.5, 0.6) is 0 Å². The van der Waals surface area contributed by atoms with Crippen molar-refractivity contribution < 1.29 is 23.8 Å². The van der Waals surface area contributed by atoms with Crippen LogP contribution in [0.1, 0.15) is 129 Å². The molecule has 2 aliphatic heterocycles. The van der Waals surface area contributed by atoms with Crippen molar-refractivity contribution in [3.05, 3.63) is 0 Å². The highest BCUT2D eigenvalue weighted by atomic mass is 16.6. The molecule has 1 aliphatic carbocycles. The van der Waals surface area contributed by atoms with Crippen molar-refractivity contribution in [3.8, 4) is 0 Å². The van der Waals surface area contributed by atoms with Crippen LogP contribution in [0, 0.1) is 11.8 Å². The lowest BCUT2D eigenvalue weighted by molar-refractivity contribution is -0.222. The van der Waals surface area contributed by atoms with E-state index < -0.39 is 11.8 Å². The Hall–Kier alpha value is -1.10. The molecule has 0 N–H and O–H groups in total. The van der Waals surface area contributed by atoms with Crippen molar-refractivity contribution in [2.45, 2.75) is 142 Å². The minimum absolute atomic E-state index is 0.104. The van der Waals surface area contributed by atoms with E-state index in [-0.39, 0.29) is 24.1 Å². The molecule has 192 valence electrons. The van der Waals surface area contributed by atoms with Gasteiger partial charge >= 0.3 is 11.9 Å². The number of hydrogen-bond donors (Lipinski definition) is 0. The maximum absolute atomic E-state index is 12.8. The molecule has 0 aromatic carbocycles. The number of unbranched alkanes of at least 4 members (excludes halogenated alkanes) is 14. The molecule has 0 radical (unpaired) electrons. The molecule has 4 unspecified atom stereocenters. The fourth-order valence-electron chi connectivity index (χ4n) is 5.15. The second-order valence-electron chi connectivity index (χ2n) is 10.2. The van der Waals surface area contributed by atoms with Crippen LogP contribution in [0.2, 0.25) is 0 Å². The van der Waals surface area contributed by atoms with Crippen LogP contribution < -0.4 is 0 Å². The zero-order chi connectivity index (χ0) is 23.7. The van der Waals surface area contributed by atoms with Gasteiger partial charge in [0.25, 0.3) is 0 Å². The third-order valence-electron chi connectivity index (χ3n) is 7.27. The first-order valence-corrected chi connectivity index (χ1v) is 14.2. The molecule has 5 heteroatoms. The summed E-state index contributed by atoms with van der Waals surface area (Å²) in [6, 6.07) is 0. The molecule has 4 atom stereocenters. The molecule has 33 heavy (non-hydrogen) atoms.